The molecule has 0 heterocycles. The average molecular weight is 289 g/mol. The van der Waals surface area contributed by atoms with Crippen LogP contribution in [0.25, 0.3) is 0 Å². The first kappa shape index (κ1) is 15.0. The zero-order valence-corrected chi connectivity index (χ0v) is 11.6. The van der Waals surface area contributed by atoms with Gasteiger partial charge in [-0.3, -0.25) is 4.79 Å². The minimum absolute atomic E-state index is 0.0207. The first-order valence-electron chi connectivity index (χ1n) is 6.44. The zero-order chi connectivity index (χ0) is 15.2. The monoisotopic (exact) mass is 289 g/mol. The van der Waals surface area contributed by atoms with Gasteiger partial charge in [0.2, 0.25) is 0 Å². The molecule has 21 heavy (non-hydrogen) atoms. The summed E-state index contributed by atoms with van der Waals surface area (Å²) in [6, 6.07) is 11.0. The quantitative estimate of drug-likeness (QED) is 0.887. The van der Waals surface area contributed by atoms with Gasteiger partial charge in [0, 0.05) is 6.54 Å². The number of rotatable bonds is 5. The summed E-state index contributed by atoms with van der Waals surface area (Å²) in [5.41, 5.74) is 1.84. The van der Waals surface area contributed by atoms with E-state index in [-0.39, 0.29) is 12.2 Å². The Balaban J connectivity index is 2.05. The molecular formula is C16H16FNO3. The first-order valence-corrected chi connectivity index (χ1v) is 6.44. The number of methoxy groups -OCH3 is 1. The number of nitrogens with one attached hydrogen (secondary N) is 1. The van der Waals surface area contributed by atoms with Crippen molar-refractivity contribution in [3.05, 3.63) is 65.0 Å². The highest BCUT2D eigenvalue weighted by molar-refractivity contribution is 5.96. The van der Waals surface area contributed by atoms with Gasteiger partial charge in [0.1, 0.15) is 11.6 Å². The van der Waals surface area contributed by atoms with Gasteiger partial charge in [-0.25, -0.2) is 4.39 Å². The van der Waals surface area contributed by atoms with Gasteiger partial charge in [-0.2, -0.15) is 0 Å². The highest BCUT2D eigenvalue weighted by Crippen LogP contribution is 2.19. The molecule has 2 aromatic rings. The standard InChI is InChI=1S/C16H16FNO3/c1-21-15-7-6-13(17)8-14(15)16(20)18-9-11-2-4-12(10-19)5-3-11/h2-8,19H,9-10H2,1H3,(H,18,20). The Labute approximate surface area is 122 Å². The Kier molecular flexibility index (Phi) is 4.90. The lowest BCUT2D eigenvalue weighted by Gasteiger charge is -2.09. The number of hydrogen-bond acceptors (Lipinski definition) is 3. The van der Waals surface area contributed by atoms with E-state index in [4.69, 9.17) is 9.84 Å². The number of ether oxygens (including phenoxy) is 1. The highest BCUT2D eigenvalue weighted by Gasteiger charge is 2.13. The van der Waals surface area contributed by atoms with Crippen LogP contribution in [-0.4, -0.2) is 18.1 Å². The summed E-state index contributed by atoms with van der Waals surface area (Å²) in [5, 5.41) is 11.7. The average Bonchev–Trinajstić information content (AvgIpc) is 2.53. The van der Waals surface area contributed by atoms with Crippen molar-refractivity contribution in [2.45, 2.75) is 13.2 Å². The first-order chi connectivity index (χ1) is 10.1. The van der Waals surface area contributed by atoms with E-state index in [1.54, 1.807) is 12.1 Å². The third-order valence-corrected chi connectivity index (χ3v) is 3.06. The Morgan fingerprint density at radius 1 is 1.19 bits per heavy atom. The fourth-order valence-electron chi connectivity index (χ4n) is 1.90. The molecule has 0 saturated carbocycles. The molecule has 110 valence electrons. The van der Waals surface area contributed by atoms with Crippen molar-refractivity contribution < 1.29 is 19.0 Å². The molecule has 2 aromatic carbocycles. The molecule has 0 atom stereocenters. The van der Waals surface area contributed by atoms with Gasteiger partial charge in [-0.05, 0) is 29.3 Å². The number of benzene rings is 2. The fourth-order valence-corrected chi connectivity index (χ4v) is 1.90. The number of carbonyl (C=O) groups excluding carboxylic acids is 1. The van der Waals surface area contributed by atoms with Crippen LogP contribution < -0.4 is 10.1 Å². The Morgan fingerprint density at radius 2 is 1.86 bits per heavy atom. The summed E-state index contributed by atoms with van der Waals surface area (Å²) < 4.78 is 18.3. The molecule has 0 fully saturated rings. The fraction of sp³-hybridized carbons (Fsp3) is 0.188. The smallest absolute Gasteiger partial charge is 0.255 e. The Bertz CT molecular complexity index is 626. The number of aliphatic hydroxyl groups is 1. The van der Waals surface area contributed by atoms with E-state index in [9.17, 15) is 9.18 Å². The van der Waals surface area contributed by atoms with Crippen LogP contribution in [0.5, 0.6) is 5.75 Å². The summed E-state index contributed by atoms with van der Waals surface area (Å²) in [6.07, 6.45) is 0. The summed E-state index contributed by atoms with van der Waals surface area (Å²) >= 11 is 0. The lowest BCUT2D eigenvalue weighted by atomic mass is 10.1. The maximum atomic E-state index is 13.2. The minimum Gasteiger partial charge on any atom is -0.496 e. The van der Waals surface area contributed by atoms with Crippen molar-refractivity contribution >= 4 is 5.91 Å². The van der Waals surface area contributed by atoms with Gasteiger partial charge in [-0.15, -0.1) is 0 Å². The van der Waals surface area contributed by atoms with Crippen molar-refractivity contribution in [2.75, 3.05) is 7.11 Å². The highest BCUT2D eigenvalue weighted by atomic mass is 19.1. The summed E-state index contributed by atoms with van der Waals surface area (Å²) in [7, 11) is 1.43. The molecule has 2 N–H and O–H groups in total. The van der Waals surface area contributed by atoms with Crippen molar-refractivity contribution in [3.63, 3.8) is 0 Å². The summed E-state index contributed by atoms with van der Waals surface area (Å²) in [5.74, 6) is -0.574. The summed E-state index contributed by atoms with van der Waals surface area (Å²) in [6.45, 7) is 0.289. The Hall–Kier alpha value is -2.40. The maximum absolute atomic E-state index is 13.2. The number of hydrogen-bond donors (Lipinski definition) is 2. The van der Waals surface area contributed by atoms with Crippen LogP contribution in [-0.2, 0) is 13.2 Å². The lowest BCUT2D eigenvalue weighted by molar-refractivity contribution is 0.0947. The van der Waals surface area contributed by atoms with Crippen LogP contribution in [0, 0.1) is 5.82 Å². The van der Waals surface area contributed by atoms with Crippen molar-refractivity contribution in [3.8, 4) is 5.75 Å². The minimum atomic E-state index is -0.492. The van der Waals surface area contributed by atoms with Crippen LogP contribution in [0.4, 0.5) is 4.39 Å². The van der Waals surface area contributed by atoms with E-state index in [0.717, 1.165) is 17.2 Å². The van der Waals surface area contributed by atoms with E-state index in [1.807, 2.05) is 12.1 Å². The van der Waals surface area contributed by atoms with Crippen molar-refractivity contribution in [1.29, 1.82) is 0 Å². The van der Waals surface area contributed by atoms with Gasteiger partial charge < -0.3 is 15.2 Å². The van der Waals surface area contributed by atoms with E-state index in [1.165, 1.54) is 19.2 Å². The molecule has 2 rings (SSSR count). The normalized spacial score (nSPS) is 10.2. The van der Waals surface area contributed by atoms with Crippen LogP contribution in [0.3, 0.4) is 0 Å². The van der Waals surface area contributed by atoms with Gasteiger partial charge in [-0.1, -0.05) is 24.3 Å². The lowest BCUT2D eigenvalue weighted by Crippen LogP contribution is -2.23. The number of amides is 1. The molecule has 0 unspecified atom stereocenters. The summed E-state index contributed by atoms with van der Waals surface area (Å²) in [4.78, 5) is 12.1. The van der Waals surface area contributed by atoms with E-state index in [0.29, 0.717) is 12.3 Å². The van der Waals surface area contributed by atoms with Gasteiger partial charge in [0.25, 0.3) is 5.91 Å². The third-order valence-electron chi connectivity index (χ3n) is 3.06. The van der Waals surface area contributed by atoms with Crippen LogP contribution in [0.1, 0.15) is 21.5 Å². The molecule has 0 bridgehead atoms. The second-order valence-electron chi connectivity index (χ2n) is 4.50. The predicted molar refractivity (Wildman–Crippen MR) is 76.5 cm³/mol. The number of halogens is 1. The topological polar surface area (TPSA) is 58.6 Å². The predicted octanol–water partition coefficient (Wildman–Crippen LogP) is 2.26. The van der Waals surface area contributed by atoms with E-state index < -0.39 is 11.7 Å². The molecule has 0 spiro atoms. The molecule has 1 amide bonds. The Morgan fingerprint density at radius 3 is 2.48 bits per heavy atom. The third kappa shape index (κ3) is 3.79. The maximum Gasteiger partial charge on any atom is 0.255 e. The molecule has 0 radical (unpaired) electrons. The van der Waals surface area contributed by atoms with Crippen LogP contribution in [0.15, 0.2) is 42.5 Å². The molecule has 0 aliphatic rings. The van der Waals surface area contributed by atoms with Crippen molar-refractivity contribution in [2.24, 2.45) is 0 Å². The molecular weight excluding hydrogens is 273 g/mol. The van der Waals surface area contributed by atoms with Crippen molar-refractivity contribution in [1.82, 2.24) is 5.32 Å². The zero-order valence-electron chi connectivity index (χ0n) is 11.6. The molecule has 0 aromatic heterocycles. The SMILES string of the molecule is COc1ccc(F)cc1C(=O)NCc1ccc(CO)cc1. The van der Waals surface area contributed by atoms with E-state index >= 15 is 0 Å². The second-order valence-corrected chi connectivity index (χ2v) is 4.50. The van der Waals surface area contributed by atoms with Crippen LogP contribution >= 0.6 is 0 Å². The second kappa shape index (κ2) is 6.85. The van der Waals surface area contributed by atoms with E-state index in [2.05, 4.69) is 5.32 Å². The molecule has 0 saturated heterocycles. The molecule has 0 aliphatic carbocycles. The van der Waals surface area contributed by atoms with Gasteiger partial charge >= 0.3 is 0 Å². The number of carbonyl (C=O) groups is 1. The van der Waals surface area contributed by atoms with Crippen LogP contribution in [0.2, 0.25) is 0 Å². The van der Waals surface area contributed by atoms with Gasteiger partial charge in [0.15, 0.2) is 0 Å². The molecule has 0 aliphatic heterocycles. The van der Waals surface area contributed by atoms with Gasteiger partial charge in [0.05, 0.1) is 19.3 Å². The number of aliphatic hydroxyl groups excluding tert-OH is 1. The largest absolute Gasteiger partial charge is 0.496 e. The molecule has 5 heteroatoms. The molecule has 4 nitrogen and oxygen atoms in total.